The van der Waals surface area contributed by atoms with Gasteiger partial charge in [0, 0.05) is 18.2 Å². The van der Waals surface area contributed by atoms with Crippen molar-refractivity contribution in [1.82, 2.24) is 5.32 Å². The van der Waals surface area contributed by atoms with Crippen LogP contribution in [0.25, 0.3) is 6.08 Å². The molecule has 0 radical (unpaired) electrons. The van der Waals surface area contributed by atoms with E-state index in [4.69, 9.17) is 23.8 Å². The van der Waals surface area contributed by atoms with Crippen LogP contribution in [0, 0.1) is 15.9 Å². The van der Waals surface area contributed by atoms with Crippen molar-refractivity contribution in [2.45, 2.75) is 0 Å². The molecule has 9 heteroatoms. The van der Waals surface area contributed by atoms with Crippen LogP contribution < -0.4 is 10.6 Å². The van der Waals surface area contributed by atoms with Crippen molar-refractivity contribution in [2.24, 2.45) is 0 Å². The number of hydrogen-bond acceptors (Lipinski definition) is 4. The zero-order valence-corrected chi connectivity index (χ0v) is 14.1. The standard InChI is InChI=1S/C16H11ClFN3O3S/c17-13-9-12(21(23)24)6-7-14(13)19-16(25)20-15(22)8-3-10-1-4-11(18)5-2-10/h1-9H,(H2,19,20,22,25). The number of rotatable bonds is 4. The first kappa shape index (κ1) is 18.5. The topological polar surface area (TPSA) is 84.3 Å². The Morgan fingerprint density at radius 1 is 1.24 bits per heavy atom. The average Bonchev–Trinajstić information content (AvgIpc) is 2.56. The summed E-state index contributed by atoms with van der Waals surface area (Å²) in [6, 6.07) is 9.41. The minimum absolute atomic E-state index is 0.0236. The normalized spacial score (nSPS) is 10.5. The van der Waals surface area contributed by atoms with E-state index >= 15 is 0 Å². The Labute approximate surface area is 152 Å². The highest BCUT2D eigenvalue weighted by atomic mass is 35.5. The highest BCUT2D eigenvalue weighted by Gasteiger charge is 2.10. The van der Waals surface area contributed by atoms with E-state index in [9.17, 15) is 19.3 Å². The van der Waals surface area contributed by atoms with Gasteiger partial charge in [0.1, 0.15) is 5.82 Å². The molecule has 25 heavy (non-hydrogen) atoms. The minimum Gasteiger partial charge on any atom is -0.331 e. The first-order valence-corrected chi connectivity index (χ1v) is 7.63. The number of carbonyl (C=O) groups excluding carboxylic acids is 1. The lowest BCUT2D eigenvalue weighted by Gasteiger charge is -2.09. The molecule has 0 aliphatic carbocycles. The lowest BCUT2D eigenvalue weighted by Crippen LogP contribution is -2.32. The van der Waals surface area contributed by atoms with Crippen LogP contribution in [-0.4, -0.2) is 15.9 Å². The molecule has 0 aliphatic rings. The Bertz CT molecular complexity index is 856. The third-order valence-corrected chi connectivity index (χ3v) is 3.46. The van der Waals surface area contributed by atoms with Crippen LogP contribution in [0.4, 0.5) is 15.8 Å². The molecule has 6 nitrogen and oxygen atoms in total. The Balaban J connectivity index is 1.94. The summed E-state index contributed by atoms with van der Waals surface area (Å²) in [5.41, 5.74) is 0.807. The van der Waals surface area contributed by atoms with Gasteiger partial charge in [0.15, 0.2) is 5.11 Å². The quantitative estimate of drug-likeness (QED) is 0.364. The highest BCUT2D eigenvalue weighted by Crippen LogP contribution is 2.26. The summed E-state index contributed by atoms with van der Waals surface area (Å²) in [5.74, 6) is -0.869. The number of hydrogen-bond donors (Lipinski definition) is 2. The molecule has 0 aliphatic heterocycles. The zero-order valence-electron chi connectivity index (χ0n) is 12.5. The third-order valence-electron chi connectivity index (χ3n) is 2.95. The number of benzene rings is 2. The van der Waals surface area contributed by atoms with Crippen molar-refractivity contribution in [2.75, 3.05) is 5.32 Å². The van der Waals surface area contributed by atoms with Gasteiger partial charge < -0.3 is 5.32 Å². The summed E-state index contributed by atoms with van der Waals surface area (Å²) in [5, 5.41) is 15.8. The monoisotopic (exact) mass is 379 g/mol. The van der Waals surface area contributed by atoms with Gasteiger partial charge in [0.25, 0.3) is 5.69 Å². The fraction of sp³-hybridized carbons (Fsp3) is 0. The summed E-state index contributed by atoms with van der Waals surface area (Å²) in [6.07, 6.45) is 2.73. The van der Waals surface area contributed by atoms with Crippen molar-refractivity contribution in [3.63, 3.8) is 0 Å². The second-order valence-corrected chi connectivity index (χ2v) is 5.56. The van der Waals surface area contributed by atoms with Gasteiger partial charge in [0.05, 0.1) is 15.6 Å². The van der Waals surface area contributed by atoms with Gasteiger partial charge in [-0.15, -0.1) is 0 Å². The van der Waals surface area contributed by atoms with E-state index in [0.29, 0.717) is 11.3 Å². The molecule has 1 amide bonds. The molecule has 0 saturated heterocycles. The van der Waals surface area contributed by atoms with E-state index in [1.807, 2.05) is 0 Å². The fourth-order valence-electron chi connectivity index (χ4n) is 1.77. The van der Waals surface area contributed by atoms with Gasteiger partial charge in [0.2, 0.25) is 5.91 Å². The number of thiocarbonyl (C=S) groups is 1. The molecule has 2 N–H and O–H groups in total. The first-order valence-electron chi connectivity index (χ1n) is 6.85. The average molecular weight is 380 g/mol. The lowest BCUT2D eigenvalue weighted by molar-refractivity contribution is -0.384. The van der Waals surface area contributed by atoms with Crippen LogP contribution in [0.5, 0.6) is 0 Å². The van der Waals surface area contributed by atoms with E-state index in [2.05, 4.69) is 10.6 Å². The molecule has 128 valence electrons. The van der Waals surface area contributed by atoms with Crippen LogP contribution in [-0.2, 0) is 4.79 Å². The SMILES string of the molecule is O=C(C=Cc1ccc(F)cc1)NC(=S)Nc1ccc([N+](=O)[O-])cc1Cl. The van der Waals surface area contributed by atoms with Crippen LogP contribution in [0.15, 0.2) is 48.5 Å². The summed E-state index contributed by atoms with van der Waals surface area (Å²) in [4.78, 5) is 21.9. The molecule has 2 rings (SSSR count). The number of anilines is 1. The molecule has 0 spiro atoms. The fourth-order valence-corrected chi connectivity index (χ4v) is 2.20. The number of nitrogens with zero attached hydrogens (tertiary/aromatic N) is 1. The minimum atomic E-state index is -0.573. The second kappa shape index (κ2) is 8.32. The first-order chi connectivity index (χ1) is 11.8. The van der Waals surface area contributed by atoms with Gasteiger partial charge in [-0.1, -0.05) is 23.7 Å². The van der Waals surface area contributed by atoms with Gasteiger partial charge >= 0.3 is 0 Å². The Morgan fingerprint density at radius 2 is 1.92 bits per heavy atom. The maximum Gasteiger partial charge on any atom is 0.271 e. The Hall–Kier alpha value is -2.84. The van der Waals surface area contributed by atoms with Crippen molar-refractivity contribution in [3.05, 3.63) is 75.1 Å². The second-order valence-electron chi connectivity index (χ2n) is 4.75. The number of amides is 1. The number of nitro groups is 1. The predicted molar refractivity (Wildman–Crippen MR) is 97.9 cm³/mol. The summed E-state index contributed by atoms with van der Waals surface area (Å²) in [6.45, 7) is 0. The molecular formula is C16H11ClFN3O3S. The highest BCUT2D eigenvalue weighted by molar-refractivity contribution is 7.80. The molecule has 0 atom stereocenters. The van der Waals surface area contributed by atoms with Crippen molar-refractivity contribution < 1.29 is 14.1 Å². The molecule has 0 fully saturated rings. The van der Waals surface area contributed by atoms with Crippen LogP contribution in [0.2, 0.25) is 5.02 Å². The smallest absolute Gasteiger partial charge is 0.271 e. The summed E-state index contributed by atoms with van der Waals surface area (Å²) < 4.78 is 12.8. The number of non-ortho nitro benzene ring substituents is 1. The largest absolute Gasteiger partial charge is 0.331 e. The van der Waals surface area contributed by atoms with Crippen LogP contribution >= 0.6 is 23.8 Å². The molecule has 0 bridgehead atoms. The number of halogens is 2. The van der Waals surface area contributed by atoms with E-state index in [-0.39, 0.29) is 21.6 Å². The molecule has 2 aromatic carbocycles. The van der Waals surface area contributed by atoms with E-state index in [0.717, 1.165) is 0 Å². The van der Waals surface area contributed by atoms with Gasteiger partial charge in [-0.25, -0.2) is 4.39 Å². The third kappa shape index (κ3) is 5.63. The van der Waals surface area contributed by atoms with E-state index < -0.39 is 10.8 Å². The number of carbonyl (C=O) groups is 1. The van der Waals surface area contributed by atoms with Gasteiger partial charge in [-0.3, -0.25) is 20.2 Å². The number of nitrogens with one attached hydrogen (secondary N) is 2. The maximum atomic E-state index is 12.8. The van der Waals surface area contributed by atoms with E-state index in [1.54, 1.807) is 0 Å². The Morgan fingerprint density at radius 3 is 2.52 bits per heavy atom. The van der Waals surface area contributed by atoms with Crippen LogP contribution in [0.1, 0.15) is 5.56 Å². The zero-order chi connectivity index (χ0) is 18.4. The van der Waals surface area contributed by atoms with Gasteiger partial charge in [-0.05, 0) is 42.1 Å². The molecule has 2 aromatic rings. The van der Waals surface area contributed by atoms with Crippen molar-refractivity contribution >= 4 is 52.3 Å². The maximum absolute atomic E-state index is 12.8. The Kier molecular flexibility index (Phi) is 6.15. The van der Waals surface area contributed by atoms with Crippen molar-refractivity contribution in [3.8, 4) is 0 Å². The molecule has 0 heterocycles. The lowest BCUT2D eigenvalue weighted by atomic mass is 10.2. The predicted octanol–water partition coefficient (Wildman–Crippen LogP) is 3.91. The van der Waals surface area contributed by atoms with Crippen molar-refractivity contribution in [1.29, 1.82) is 0 Å². The number of nitro benzene ring substituents is 1. The summed E-state index contributed by atoms with van der Waals surface area (Å²) >= 11 is 10.9. The molecule has 0 saturated carbocycles. The molecule has 0 aromatic heterocycles. The molecular weight excluding hydrogens is 369 g/mol. The molecule has 0 unspecified atom stereocenters. The van der Waals surface area contributed by atoms with Crippen LogP contribution in [0.3, 0.4) is 0 Å². The van der Waals surface area contributed by atoms with Gasteiger partial charge in [-0.2, -0.15) is 0 Å². The van der Waals surface area contributed by atoms with E-state index in [1.165, 1.54) is 54.6 Å². The summed E-state index contributed by atoms with van der Waals surface area (Å²) in [7, 11) is 0.